The third-order valence-corrected chi connectivity index (χ3v) is 4.30. The first-order valence-electron chi connectivity index (χ1n) is 9.41. The Balaban J connectivity index is 1.77. The van der Waals surface area contributed by atoms with Gasteiger partial charge in [0.05, 0.1) is 0 Å². The van der Waals surface area contributed by atoms with Crippen LogP contribution in [0.3, 0.4) is 0 Å². The van der Waals surface area contributed by atoms with Gasteiger partial charge in [-0.2, -0.15) is 0 Å². The summed E-state index contributed by atoms with van der Waals surface area (Å²) in [7, 11) is 0. The molecule has 0 saturated carbocycles. The molecule has 0 radical (unpaired) electrons. The molecule has 156 valence electrons. The molecule has 1 heterocycles. The summed E-state index contributed by atoms with van der Waals surface area (Å²) in [6.07, 6.45) is 1.67. The second-order valence-electron chi connectivity index (χ2n) is 6.45. The predicted molar refractivity (Wildman–Crippen MR) is 110 cm³/mol. The van der Waals surface area contributed by atoms with Gasteiger partial charge >= 0.3 is 12.1 Å². The minimum Gasteiger partial charge on any atom is -0.486 e. The van der Waals surface area contributed by atoms with E-state index in [4.69, 9.17) is 18.9 Å². The molecule has 0 spiro atoms. The Morgan fingerprint density at radius 2 is 1.73 bits per heavy atom. The third-order valence-electron chi connectivity index (χ3n) is 4.30. The average molecular weight is 409 g/mol. The highest BCUT2D eigenvalue weighted by molar-refractivity contribution is 5.85. The number of esters is 1. The van der Waals surface area contributed by atoms with Crippen molar-refractivity contribution in [2.24, 2.45) is 0 Å². The number of hydrogen-bond acceptors (Lipinski definition) is 6. The highest BCUT2D eigenvalue weighted by Crippen LogP contribution is 2.35. The van der Waals surface area contributed by atoms with Crippen LogP contribution in [0.1, 0.15) is 17.2 Å². The topological polar surface area (TPSA) is 83.1 Å². The van der Waals surface area contributed by atoms with Crippen LogP contribution in [0, 0.1) is 0 Å². The molecule has 1 aliphatic rings. The van der Waals surface area contributed by atoms with E-state index in [0.717, 1.165) is 5.56 Å². The van der Waals surface area contributed by atoms with Gasteiger partial charge in [-0.1, -0.05) is 61.7 Å². The van der Waals surface area contributed by atoms with Gasteiger partial charge in [-0.3, -0.25) is 0 Å². The predicted octanol–water partition coefficient (Wildman–Crippen LogP) is 3.71. The molecule has 0 bridgehead atoms. The lowest BCUT2D eigenvalue weighted by Gasteiger charge is -2.18. The van der Waals surface area contributed by atoms with Crippen molar-refractivity contribution in [3.63, 3.8) is 0 Å². The van der Waals surface area contributed by atoms with E-state index in [1.54, 1.807) is 30.4 Å². The Bertz CT molecular complexity index is 911. The maximum absolute atomic E-state index is 12.6. The van der Waals surface area contributed by atoms with Crippen LogP contribution in [0.4, 0.5) is 4.79 Å². The molecule has 30 heavy (non-hydrogen) atoms. The van der Waals surface area contributed by atoms with Crippen molar-refractivity contribution in [2.75, 3.05) is 13.2 Å². The van der Waals surface area contributed by atoms with E-state index < -0.39 is 24.2 Å². The van der Waals surface area contributed by atoms with Gasteiger partial charge in [0.1, 0.15) is 19.8 Å². The molecule has 1 fully saturated rings. The molecule has 3 rings (SSSR count). The molecule has 2 aromatic rings. The van der Waals surface area contributed by atoms with Crippen LogP contribution < -0.4 is 14.8 Å². The summed E-state index contributed by atoms with van der Waals surface area (Å²) < 4.78 is 21.9. The molecule has 0 aliphatic carbocycles. The number of ether oxygens (including phenoxy) is 4. The molecular formula is C23H23NO6. The van der Waals surface area contributed by atoms with Crippen LogP contribution in [0.2, 0.25) is 0 Å². The van der Waals surface area contributed by atoms with Crippen molar-refractivity contribution >= 4 is 12.1 Å². The van der Waals surface area contributed by atoms with Crippen LogP contribution in [-0.2, 0) is 20.9 Å². The molecule has 1 aliphatic heterocycles. The average Bonchev–Trinajstić information content (AvgIpc) is 3.17. The number of carbonyl (C=O) groups is 2. The van der Waals surface area contributed by atoms with Crippen molar-refractivity contribution in [1.29, 1.82) is 0 Å². The fourth-order valence-corrected chi connectivity index (χ4v) is 2.91. The van der Waals surface area contributed by atoms with Crippen molar-refractivity contribution in [2.45, 2.75) is 18.8 Å². The third kappa shape index (κ3) is 5.20. The number of nitrogens with one attached hydrogen (secondary N) is 1. The fraction of sp³-hybridized carbons (Fsp3) is 0.217. The van der Waals surface area contributed by atoms with Crippen LogP contribution in [0.15, 0.2) is 73.8 Å². The minimum absolute atomic E-state index is 0.0980. The zero-order valence-electron chi connectivity index (χ0n) is 16.4. The lowest BCUT2D eigenvalue weighted by Crippen LogP contribution is -2.37. The molecule has 1 saturated heterocycles. The summed E-state index contributed by atoms with van der Waals surface area (Å²) in [5.74, 6) is 0.352. The van der Waals surface area contributed by atoms with E-state index in [-0.39, 0.29) is 13.2 Å². The summed E-state index contributed by atoms with van der Waals surface area (Å²) in [6, 6.07) is 13.4. The normalized spacial score (nSPS) is 17.4. The van der Waals surface area contributed by atoms with Crippen molar-refractivity contribution in [3.05, 3.63) is 85.0 Å². The molecule has 2 atom stereocenters. The summed E-state index contributed by atoms with van der Waals surface area (Å²) in [4.78, 5) is 24.5. The summed E-state index contributed by atoms with van der Waals surface area (Å²) >= 11 is 0. The Kier molecular flexibility index (Phi) is 7.10. The van der Waals surface area contributed by atoms with Crippen molar-refractivity contribution in [1.82, 2.24) is 5.32 Å². The molecule has 1 amide bonds. The Hall–Kier alpha value is -3.74. The van der Waals surface area contributed by atoms with Gasteiger partial charge in [0.2, 0.25) is 0 Å². The zero-order valence-corrected chi connectivity index (χ0v) is 16.4. The monoisotopic (exact) mass is 409 g/mol. The molecular weight excluding hydrogens is 386 g/mol. The van der Waals surface area contributed by atoms with Crippen molar-refractivity contribution in [3.8, 4) is 11.5 Å². The van der Waals surface area contributed by atoms with Gasteiger partial charge in [0, 0.05) is 0 Å². The minimum atomic E-state index is -0.978. The molecule has 2 aromatic carbocycles. The standard InChI is InChI=1S/C23H23NO6/c1-3-12-27-18-11-10-17(14-19(18)28-13-4-2)21-20(24-23(26)30-21)22(25)29-15-16-8-6-5-7-9-16/h3-11,14,20-21H,1-2,12-13,15H2,(H,24,26). The first-order chi connectivity index (χ1) is 14.6. The number of alkyl carbamates (subject to hydrolysis) is 1. The van der Waals surface area contributed by atoms with Gasteiger partial charge in [0.15, 0.2) is 23.6 Å². The van der Waals surface area contributed by atoms with Crippen LogP contribution in [0.25, 0.3) is 0 Å². The Labute approximate surface area is 174 Å². The van der Waals surface area contributed by atoms with E-state index in [2.05, 4.69) is 18.5 Å². The van der Waals surface area contributed by atoms with Gasteiger partial charge < -0.3 is 24.3 Å². The number of hydrogen-bond donors (Lipinski definition) is 1. The summed E-state index contributed by atoms with van der Waals surface area (Å²) in [5.41, 5.74) is 1.41. The number of benzene rings is 2. The summed E-state index contributed by atoms with van der Waals surface area (Å²) in [6.45, 7) is 7.93. The largest absolute Gasteiger partial charge is 0.486 e. The SMILES string of the molecule is C=CCOc1ccc(C2OC(=O)NC2C(=O)OCc2ccccc2)cc1OCC=C. The van der Waals surface area contributed by atoms with E-state index in [1.165, 1.54) is 0 Å². The molecule has 7 nitrogen and oxygen atoms in total. The number of cyclic esters (lactones) is 1. The van der Waals surface area contributed by atoms with E-state index in [9.17, 15) is 9.59 Å². The van der Waals surface area contributed by atoms with Crippen LogP contribution in [-0.4, -0.2) is 31.3 Å². The van der Waals surface area contributed by atoms with Gasteiger partial charge in [-0.05, 0) is 23.3 Å². The van der Waals surface area contributed by atoms with Gasteiger partial charge in [0.25, 0.3) is 0 Å². The maximum Gasteiger partial charge on any atom is 0.408 e. The zero-order chi connectivity index (χ0) is 21.3. The lowest BCUT2D eigenvalue weighted by atomic mass is 10.0. The Morgan fingerprint density at radius 3 is 2.43 bits per heavy atom. The van der Waals surface area contributed by atoms with Crippen LogP contribution >= 0.6 is 0 Å². The number of rotatable bonds is 10. The highest BCUT2D eigenvalue weighted by atomic mass is 16.6. The molecule has 1 N–H and O–H groups in total. The highest BCUT2D eigenvalue weighted by Gasteiger charge is 2.41. The summed E-state index contributed by atoms with van der Waals surface area (Å²) in [5, 5.41) is 2.51. The van der Waals surface area contributed by atoms with Crippen LogP contribution in [0.5, 0.6) is 11.5 Å². The fourth-order valence-electron chi connectivity index (χ4n) is 2.91. The molecule has 2 unspecified atom stereocenters. The van der Waals surface area contributed by atoms with E-state index in [1.807, 2.05) is 30.3 Å². The Morgan fingerprint density at radius 1 is 1.03 bits per heavy atom. The quantitative estimate of drug-likeness (QED) is 0.476. The first-order valence-corrected chi connectivity index (χ1v) is 9.41. The molecule has 7 heteroatoms. The molecule has 0 aromatic heterocycles. The van der Waals surface area contributed by atoms with Gasteiger partial charge in [-0.25, -0.2) is 9.59 Å². The smallest absolute Gasteiger partial charge is 0.408 e. The number of amides is 1. The second-order valence-corrected chi connectivity index (χ2v) is 6.45. The first kappa shape index (κ1) is 21.0. The van der Waals surface area contributed by atoms with E-state index >= 15 is 0 Å². The van der Waals surface area contributed by atoms with Crippen molar-refractivity contribution < 1.29 is 28.5 Å². The lowest BCUT2D eigenvalue weighted by molar-refractivity contribution is -0.148. The number of carbonyl (C=O) groups excluding carboxylic acids is 2. The van der Waals surface area contributed by atoms with Gasteiger partial charge in [-0.15, -0.1) is 0 Å². The maximum atomic E-state index is 12.6. The van der Waals surface area contributed by atoms with E-state index in [0.29, 0.717) is 23.7 Å². The second kappa shape index (κ2) is 10.2.